The molecule has 8 amide bonds. The number of nitrogens with zero attached hydrogens (tertiary/aromatic N) is 2. The first-order chi connectivity index (χ1) is 34.1. The molecule has 16 N–H and O–H groups in total. The van der Waals surface area contributed by atoms with Crippen molar-refractivity contribution in [1.82, 2.24) is 42.1 Å². The number of aliphatic imine (C=N–C) groups is 1. The number of hydrogen-bond donors (Lipinski definition) is 13. The fourth-order valence-electron chi connectivity index (χ4n) is 7.88. The van der Waals surface area contributed by atoms with E-state index >= 15 is 0 Å². The van der Waals surface area contributed by atoms with E-state index in [4.69, 9.17) is 17.2 Å². The lowest BCUT2D eigenvalue weighted by atomic mass is 9.99. The highest BCUT2D eigenvalue weighted by atomic mass is 32.2. The average Bonchev–Trinajstić information content (AvgIpc) is 3.79. The lowest BCUT2D eigenvalue weighted by molar-refractivity contribution is -0.146. The maximum absolute atomic E-state index is 14.2. The number of aliphatic hydroxyl groups excluding tert-OH is 1. The number of carbonyl (C=O) groups excluding carboxylic acids is 8. The number of carboxylic acids is 2. The van der Waals surface area contributed by atoms with E-state index in [1.807, 2.05) is 34.0 Å². The molecule has 0 saturated carbocycles. The average molecular weight is 1060 g/mol. The molecule has 0 aromatic rings. The molecule has 1 saturated heterocycles. The molecule has 73 heavy (non-hydrogen) atoms. The van der Waals surface area contributed by atoms with Crippen LogP contribution >= 0.6 is 11.8 Å². The van der Waals surface area contributed by atoms with Gasteiger partial charge in [0.1, 0.15) is 48.3 Å². The molecule has 0 unspecified atom stereocenters. The molecule has 0 spiro atoms. The van der Waals surface area contributed by atoms with Crippen LogP contribution in [0.2, 0.25) is 0 Å². The van der Waals surface area contributed by atoms with Crippen molar-refractivity contribution in [3.63, 3.8) is 0 Å². The van der Waals surface area contributed by atoms with E-state index in [2.05, 4.69) is 42.2 Å². The summed E-state index contributed by atoms with van der Waals surface area (Å²) in [5.74, 6) is -9.50. The summed E-state index contributed by atoms with van der Waals surface area (Å²) in [5.41, 5.74) is 17.1. The molecule has 0 aromatic carbocycles. The standard InChI is InChI=1S/C47H84N12O13S/c1-24(2)20-31(54-38(63)28(48)16-19-73-9)41(66)56-32(21-25(3)4)40(65)52-29(12-10-17-51-47(49)50)39(64)55-33(22-26(5)6)42(67)57-34(23-60)43(68)53-30(14-15-36(61)62)45(70)59-18-11-13-35(59)44(69)58-37(27(7)8)46(71)72/h24-35,37,60H,10-23,48H2,1-9H3,(H,52,65)(H,53,68)(H,54,63)(H,55,64)(H,56,66)(H,57,67)(H,58,69)(H,61,62)(H,71,72)(H4,49,50,51)/t28-,29-,30-,31-,32-,33-,34-,35-,37-/m0/s1. The highest BCUT2D eigenvalue weighted by Crippen LogP contribution is 2.21. The Labute approximate surface area is 432 Å². The molecule has 1 rings (SSSR count). The minimum atomic E-state index is -1.75. The van der Waals surface area contributed by atoms with Crippen LogP contribution < -0.4 is 54.4 Å². The maximum atomic E-state index is 14.2. The van der Waals surface area contributed by atoms with Crippen molar-refractivity contribution in [2.75, 3.05) is 31.7 Å². The zero-order valence-corrected chi connectivity index (χ0v) is 44.7. The largest absolute Gasteiger partial charge is 0.481 e. The van der Waals surface area contributed by atoms with Crippen LogP contribution in [0.5, 0.6) is 0 Å². The van der Waals surface area contributed by atoms with Gasteiger partial charge < -0.3 is 74.6 Å². The molecule has 1 heterocycles. The van der Waals surface area contributed by atoms with Crippen molar-refractivity contribution in [1.29, 1.82) is 0 Å². The Bertz CT molecular complexity index is 1900. The van der Waals surface area contributed by atoms with Crippen LogP contribution in [0.15, 0.2) is 4.99 Å². The number of thioether (sulfide) groups is 1. The Morgan fingerprint density at radius 3 is 1.52 bits per heavy atom. The van der Waals surface area contributed by atoms with Gasteiger partial charge in [-0.3, -0.25) is 48.1 Å². The van der Waals surface area contributed by atoms with Crippen LogP contribution in [-0.4, -0.2) is 171 Å². The third-order valence-corrected chi connectivity index (χ3v) is 12.4. The van der Waals surface area contributed by atoms with Crippen LogP contribution in [0.4, 0.5) is 0 Å². The van der Waals surface area contributed by atoms with Gasteiger partial charge in [-0.05, 0) is 93.5 Å². The molecule has 26 heteroatoms. The highest BCUT2D eigenvalue weighted by molar-refractivity contribution is 7.98. The Hall–Kier alpha value is -5.76. The maximum Gasteiger partial charge on any atom is 0.326 e. The number of guanidine groups is 1. The molecular formula is C47H84N12O13S. The molecule has 416 valence electrons. The fourth-order valence-corrected chi connectivity index (χ4v) is 8.37. The van der Waals surface area contributed by atoms with E-state index in [1.165, 1.54) is 11.8 Å². The van der Waals surface area contributed by atoms with Crippen molar-refractivity contribution < 1.29 is 63.3 Å². The molecule has 0 radical (unpaired) electrons. The molecule has 25 nitrogen and oxygen atoms in total. The zero-order chi connectivity index (χ0) is 55.7. The van der Waals surface area contributed by atoms with E-state index in [1.54, 1.807) is 27.7 Å². The molecule has 0 bridgehead atoms. The van der Waals surface area contributed by atoms with Gasteiger partial charge in [0.15, 0.2) is 5.96 Å². The Morgan fingerprint density at radius 2 is 1.08 bits per heavy atom. The highest BCUT2D eigenvalue weighted by Gasteiger charge is 2.41. The normalized spacial score (nSPS) is 16.8. The second kappa shape index (κ2) is 33.1. The van der Waals surface area contributed by atoms with Crippen LogP contribution in [0, 0.1) is 23.7 Å². The first-order valence-electron chi connectivity index (χ1n) is 24.9. The summed E-state index contributed by atoms with van der Waals surface area (Å²) in [6, 6.07) is -11.5. The van der Waals surface area contributed by atoms with Crippen LogP contribution in [0.1, 0.15) is 120 Å². The minimum Gasteiger partial charge on any atom is -0.481 e. The van der Waals surface area contributed by atoms with Crippen molar-refractivity contribution in [2.45, 2.75) is 174 Å². The Morgan fingerprint density at radius 1 is 0.630 bits per heavy atom. The van der Waals surface area contributed by atoms with Crippen LogP contribution in [-0.2, 0) is 47.9 Å². The van der Waals surface area contributed by atoms with Gasteiger partial charge in [-0.15, -0.1) is 0 Å². The second-order valence-corrected chi connectivity index (χ2v) is 21.0. The van der Waals surface area contributed by atoms with E-state index in [0.29, 0.717) is 18.6 Å². The molecular weight excluding hydrogens is 973 g/mol. The van der Waals surface area contributed by atoms with Gasteiger partial charge in [0.2, 0.25) is 47.3 Å². The zero-order valence-electron chi connectivity index (χ0n) is 43.9. The molecule has 9 atom stereocenters. The number of aliphatic hydroxyl groups is 1. The van der Waals surface area contributed by atoms with E-state index in [0.717, 1.165) is 4.90 Å². The number of aliphatic carboxylic acids is 2. The predicted molar refractivity (Wildman–Crippen MR) is 274 cm³/mol. The number of likely N-dealkylation sites (tertiary alicyclic amines) is 1. The number of carbonyl (C=O) groups is 10. The number of nitrogens with one attached hydrogen (secondary N) is 7. The van der Waals surface area contributed by atoms with Gasteiger partial charge in [-0.2, -0.15) is 11.8 Å². The number of hydrogen-bond acceptors (Lipinski definition) is 14. The predicted octanol–water partition coefficient (Wildman–Crippen LogP) is -1.76. The molecule has 1 aliphatic rings. The van der Waals surface area contributed by atoms with Crippen molar-refractivity contribution in [3.05, 3.63) is 0 Å². The molecule has 1 fully saturated rings. The number of rotatable bonds is 34. The summed E-state index contributed by atoms with van der Waals surface area (Å²) in [6.45, 7) is 13.1. The fraction of sp³-hybridized carbons (Fsp3) is 0.766. The summed E-state index contributed by atoms with van der Waals surface area (Å²) < 4.78 is 0. The minimum absolute atomic E-state index is 0.0143. The summed E-state index contributed by atoms with van der Waals surface area (Å²) in [6.07, 6.45) is 2.15. The third-order valence-electron chi connectivity index (χ3n) is 11.7. The van der Waals surface area contributed by atoms with Gasteiger partial charge in [-0.25, -0.2) is 4.79 Å². The lowest BCUT2D eigenvalue weighted by Crippen LogP contribution is -2.61. The number of carboxylic acid groups (broad SMARTS) is 2. The summed E-state index contributed by atoms with van der Waals surface area (Å²) in [7, 11) is 0. The van der Waals surface area contributed by atoms with Crippen molar-refractivity contribution in [3.8, 4) is 0 Å². The molecule has 1 aliphatic heterocycles. The van der Waals surface area contributed by atoms with Gasteiger partial charge in [0, 0.05) is 19.5 Å². The second-order valence-electron chi connectivity index (χ2n) is 20.0. The Balaban J connectivity index is 3.45. The van der Waals surface area contributed by atoms with Gasteiger partial charge >= 0.3 is 11.9 Å². The third kappa shape index (κ3) is 24.2. The van der Waals surface area contributed by atoms with Crippen LogP contribution in [0.25, 0.3) is 0 Å². The monoisotopic (exact) mass is 1060 g/mol. The molecule has 0 aromatic heterocycles. The van der Waals surface area contributed by atoms with E-state index in [-0.39, 0.29) is 75.3 Å². The number of nitrogens with two attached hydrogens (primary N) is 3. The topological polar surface area (TPSA) is 409 Å². The SMILES string of the molecule is CSCC[C@H](N)C(=O)N[C@@H](CC(C)C)C(=O)N[C@@H](CC(C)C)C(=O)N[C@@H](CCCN=C(N)N)C(=O)N[C@@H](CC(C)C)C(=O)N[C@@H](CO)C(=O)N[C@@H](CCC(=O)O)C(=O)N1CCC[C@H]1C(=O)N[C@H](C(=O)O)C(C)C. The van der Waals surface area contributed by atoms with Gasteiger partial charge in [0.05, 0.1) is 12.6 Å². The van der Waals surface area contributed by atoms with Crippen molar-refractivity contribution in [2.24, 2.45) is 45.9 Å². The quantitative estimate of drug-likeness (QED) is 0.0193. The number of amides is 8. The van der Waals surface area contributed by atoms with Crippen molar-refractivity contribution >= 4 is 76.9 Å². The first kappa shape index (κ1) is 65.3. The summed E-state index contributed by atoms with van der Waals surface area (Å²) in [5, 5.41) is 47.5. The summed E-state index contributed by atoms with van der Waals surface area (Å²) in [4.78, 5) is 139. The first-order valence-corrected chi connectivity index (χ1v) is 26.3. The van der Waals surface area contributed by atoms with Gasteiger partial charge in [0.25, 0.3) is 0 Å². The van der Waals surface area contributed by atoms with Gasteiger partial charge in [-0.1, -0.05) is 55.4 Å². The smallest absolute Gasteiger partial charge is 0.326 e. The Kier molecular flexibility index (Phi) is 29.6. The molecule has 0 aliphatic carbocycles. The summed E-state index contributed by atoms with van der Waals surface area (Å²) >= 11 is 1.52. The lowest BCUT2D eigenvalue weighted by Gasteiger charge is -2.31. The van der Waals surface area contributed by atoms with E-state index in [9.17, 15) is 63.3 Å². The van der Waals surface area contributed by atoms with E-state index < -0.39 is 139 Å². The van der Waals surface area contributed by atoms with Crippen LogP contribution in [0.3, 0.4) is 0 Å².